The third-order valence-electron chi connectivity index (χ3n) is 4.40. The van der Waals surface area contributed by atoms with E-state index in [9.17, 15) is 0 Å². The quantitative estimate of drug-likeness (QED) is 0.812. The summed E-state index contributed by atoms with van der Waals surface area (Å²) < 4.78 is 5.32. The molecule has 1 unspecified atom stereocenters. The van der Waals surface area contributed by atoms with E-state index in [1.54, 1.807) is 12.7 Å². The van der Waals surface area contributed by atoms with Crippen LogP contribution >= 0.6 is 11.8 Å². The summed E-state index contributed by atoms with van der Waals surface area (Å²) in [7, 11) is 3.95. The Hall–Kier alpha value is -1.09. The van der Waals surface area contributed by atoms with Crippen LogP contribution in [-0.2, 0) is 0 Å². The van der Waals surface area contributed by atoms with E-state index in [-0.39, 0.29) is 0 Å². The third kappa shape index (κ3) is 2.25. The topological polar surface area (TPSA) is 12.5 Å². The Labute approximate surface area is 119 Å². The second kappa shape index (κ2) is 5.12. The van der Waals surface area contributed by atoms with Crippen LogP contribution in [-0.4, -0.2) is 31.4 Å². The van der Waals surface area contributed by atoms with Gasteiger partial charge in [0.15, 0.2) is 0 Å². The molecule has 2 aliphatic heterocycles. The van der Waals surface area contributed by atoms with Crippen LogP contribution in [0.4, 0.5) is 0 Å². The van der Waals surface area contributed by atoms with Crippen LogP contribution in [0.5, 0.6) is 5.75 Å². The maximum Gasteiger partial charge on any atom is 0.119 e. The van der Waals surface area contributed by atoms with Crippen molar-refractivity contribution in [1.29, 1.82) is 0 Å². The van der Waals surface area contributed by atoms with Crippen molar-refractivity contribution in [1.82, 2.24) is 4.90 Å². The smallest absolute Gasteiger partial charge is 0.119 e. The molecular formula is C16H21NOS. The number of fused-ring (bicyclic) bond motifs is 1. The first-order valence-electron chi connectivity index (χ1n) is 6.92. The molecule has 0 amide bonds. The molecule has 0 fully saturated rings. The summed E-state index contributed by atoms with van der Waals surface area (Å²) in [6, 6.07) is 6.54. The average Bonchev–Trinajstić information content (AvgIpc) is 2.84. The maximum absolute atomic E-state index is 5.32. The largest absolute Gasteiger partial charge is 0.497 e. The van der Waals surface area contributed by atoms with E-state index in [0.29, 0.717) is 5.92 Å². The van der Waals surface area contributed by atoms with Crippen LogP contribution in [0.3, 0.4) is 0 Å². The van der Waals surface area contributed by atoms with Crippen molar-refractivity contribution in [3.8, 4) is 5.75 Å². The molecule has 1 aromatic carbocycles. The number of nitrogens with zero attached hydrogens (tertiary/aromatic N) is 1. The second-order valence-electron chi connectivity index (χ2n) is 5.40. The van der Waals surface area contributed by atoms with Crippen molar-refractivity contribution in [3.05, 3.63) is 35.0 Å². The predicted octanol–water partition coefficient (Wildman–Crippen LogP) is 3.88. The van der Waals surface area contributed by atoms with Gasteiger partial charge in [-0.05, 0) is 43.0 Å². The van der Waals surface area contributed by atoms with E-state index in [0.717, 1.165) is 5.75 Å². The first-order chi connectivity index (χ1) is 9.20. The highest BCUT2D eigenvalue weighted by Gasteiger charge is 2.29. The number of thioether (sulfide) groups is 1. The van der Waals surface area contributed by atoms with Crippen molar-refractivity contribution in [2.75, 3.05) is 26.5 Å². The molecule has 3 heteroatoms. The van der Waals surface area contributed by atoms with Crippen LogP contribution in [0.2, 0.25) is 0 Å². The van der Waals surface area contributed by atoms with Crippen LogP contribution in [0.25, 0.3) is 0 Å². The van der Waals surface area contributed by atoms with Gasteiger partial charge in [-0.25, -0.2) is 0 Å². The van der Waals surface area contributed by atoms with Gasteiger partial charge in [-0.15, -0.1) is 11.8 Å². The summed E-state index contributed by atoms with van der Waals surface area (Å²) in [5.74, 6) is 2.76. The second-order valence-corrected chi connectivity index (χ2v) is 6.46. The first-order valence-corrected chi connectivity index (χ1v) is 7.91. The van der Waals surface area contributed by atoms with E-state index in [2.05, 4.69) is 37.1 Å². The van der Waals surface area contributed by atoms with Crippen molar-refractivity contribution >= 4 is 11.8 Å². The van der Waals surface area contributed by atoms with Gasteiger partial charge >= 0.3 is 0 Å². The number of hydrogen-bond donors (Lipinski definition) is 0. The molecule has 2 heterocycles. The number of rotatable bonds is 2. The van der Waals surface area contributed by atoms with Crippen LogP contribution in [0.15, 0.2) is 34.4 Å². The number of allylic oxidation sites excluding steroid dienone is 2. The predicted molar refractivity (Wildman–Crippen MR) is 81.0 cm³/mol. The number of methoxy groups -OCH3 is 1. The highest BCUT2D eigenvalue weighted by atomic mass is 32.2. The minimum absolute atomic E-state index is 0.605. The van der Waals surface area contributed by atoms with Gasteiger partial charge < -0.3 is 9.64 Å². The molecule has 102 valence electrons. The van der Waals surface area contributed by atoms with Crippen molar-refractivity contribution < 1.29 is 4.74 Å². The SMILES string of the molecule is COc1ccc2c(c1)SCC2C1=C(C)N(C)CCC1. The summed E-state index contributed by atoms with van der Waals surface area (Å²) in [6.45, 7) is 3.48. The van der Waals surface area contributed by atoms with Gasteiger partial charge in [0.05, 0.1) is 7.11 Å². The summed E-state index contributed by atoms with van der Waals surface area (Å²) in [5.41, 5.74) is 4.63. The zero-order valence-electron chi connectivity index (χ0n) is 11.9. The monoisotopic (exact) mass is 275 g/mol. The molecule has 0 N–H and O–H groups in total. The van der Waals surface area contributed by atoms with E-state index >= 15 is 0 Å². The molecule has 0 bridgehead atoms. The Morgan fingerprint density at radius 3 is 3.00 bits per heavy atom. The molecule has 2 nitrogen and oxygen atoms in total. The van der Waals surface area contributed by atoms with Gasteiger partial charge in [0.25, 0.3) is 0 Å². The summed E-state index contributed by atoms with van der Waals surface area (Å²) in [6.07, 6.45) is 2.54. The lowest BCUT2D eigenvalue weighted by Gasteiger charge is -2.31. The van der Waals surface area contributed by atoms with Crippen LogP contribution in [0, 0.1) is 0 Å². The Bertz CT molecular complexity index is 523. The number of benzene rings is 1. The molecule has 0 saturated heterocycles. The van der Waals surface area contributed by atoms with Gasteiger partial charge in [0.1, 0.15) is 5.75 Å². The molecule has 19 heavy (non-hydrogen) atoms. The van der Waals surface area contributed by atoms with E-state index in [1.165, 1.54) is 41.3 Å². The Morgan fingerprint density at radius 1 is 1.37 bits per heavy atom. The molecule has 0 aliphatic carbocycles. The minimum atomic E-state index is 0.605. The minimum Gasteiger partial charge on any atom is -0.497 e. The molecule has 0 radical (unpaired) electrons. The maximum atomic E-state index is 5.32. The lowest BCUT2D eigenvalue weighted by atomic mass is 9.87. The highest BCUT2D eigenvalue weighted by molar-refractivity contribution is 7.99. The van der Waals surface area contributed by atoms with E-state index < -0.39 is 0 Å². The molecule has 2 aliphatic rings. The molecule has 1 atom stereocenters. The molecule has 0 aromatic heterocycles. The summed E-state index contributed by atoms with van der Waals surface area (Å²) in [4.78, 5) is 3.81. The number of ether oxygens (including phenoxy) is 1. The van der Waals surface area contributed by atoms with Crippen molar-refractivity contribution in [2.45, 2.75) is 30.6 Å². The van der Waals surface area contributed by atoms with E-state index in [4.69, 9.17) is 4.74 Å². The molecule has 0 saturated carbocycles. The summed E-state index contributed by atoms with van der Waals surface area (Å²) >= 11 is 1.97. The first kappa shape index (κ1) is 12.9. The normalized spacial score (nSPS) is 22.7. The van der Waals surface area contributed by atoms with E-state index in [1.807, 2.05) is 11.8 Å². The zero-order chi connectivity index (χ0) is 13.4. The lowest BCUT2D eigenvalue weighted by molar-refractivity contribution is 0.372. The van der Waals surface area contributed by atoms with Crippen molar-refractivity contribution in [3.63, 3.8) is 0 Å². The van der Waals surface area contributed by atoms with Gasteiger partial charge in [-0.1, -0.05) is 6.07 Å². The van der Waals surface area contributed by atoms with Crippen LogP contribution in [0.1, 0.15) is 31.2 Å². The highest BCUT2D eigenvalue weighted by Crippen LogP contribution is 2.47. The third-order valence-corrected chi connectivity index (χ3v) is 5.56. The summed E-state index contributed by atoms with van der Waals surface area (Å²) in [5, 5.41) is 0. The Morgan fingerprint density at radius 2 is 2.21 bits per heavy atom. The fourth-order valence-electron chi connectivity index (χ4n) is 3.13. The van der Waals surface area contributed by atoms with Gasteiger partial charge in [-0.2, -0.15) is 0 Å². The standard InChI is InChI=1S/C16H21NOS/c1-11-13(5-4-8-17(11)2)15-10-19-16-9-12(18-3)6-7-14(15)16/h6-7,9,15H,4-5,8,10H2,1-3H3. The molecule has 0 spiro atoms. The number of hydrogen-bond acceptors (Lipinski definition) is 3. The van der Waals surface area contributed by atoms with Gasteiger partial charge in [-0.3, -0.25) is 0 Å². The molecule has 1 aromatic rings. The van der Waals surface area contributed by atoms with Gasteiger partial charge in [0, 0.05) is 35.9 Å². The Kier molecular flexibility index (Phi) is 3.48. The van der Waals surface area contributed by atoms with Crippen LogP contribution < -0.4 is 4.74 Å². The van der Waals surface area contributed by atoms with Gasteiger partial charge in [0.2, 0.25) is 0 Å². The zero-order valence-corrected chi connectivity index (χ0v) is 12.7. The lowest BCUT2D eigenvalue weighted by Crippen LogP contribution is -2.25. The van der Waals surface area contributed by atoms with Crippen molar-refractivity contribution in [2.24, 2.45) is 0 Å². The fraction of sp³-hybridized carbons (Fsp3) is 0.500. The molecule has 3 rings (SSSR count). The fourth-order valence-corrected chi connectivity index (χ4v) is 4.44. The Balaban J connectivity index is 1.96. The molecular weight excluding hydrogens is 254 g/mol. The average molecular weight is 275 g/mol.